The van der Waals surface area contributed by atoms with Crippen molar-refractivity contribution in [3.05, 3.63) is 16.1 Å². The van der Waals surface area contributed by atoms with E-state index in [1.807, 2.05) is 12.4 Å². The highest BCUT2D eigenvalue weighted by Crippen LogP contribution is 2.12. The summed E-state index contributed by atoms with van der Waals surface area (Å²) in [5, 5.41) is 12.6. The molecule has 0 aliphatic rings. The van der Waals surface area contributed by atoms with E-state index >= 15 is 0 Å². The van der Waals surface area contributed by atoms with Crippen molar-refractivity contribution in [2.45, 2.75) is 19.4 Å². The average Bonchev–Trinajstić information content (AvgIpc) is 2.80. The fourth-order valence-electron chi connectivity index (χ4n) is 1.51. The highest BCUT2D eigenvalue weighted by atomic mass is 32.1. The van der Waals surface area contributed by atoms with E-state index in [2.05, 4.69) is 10.3 Å². The third kappa shape index (κ3) is 6.42. The van der Waals surface area contributed by atoms with E-state index in [1.165, 1.54) is 9.78 Å². The summed E-state index contributed by atoms with van der Waals surface area (Å²) in [6, 6.07) is 0. The minimum Gasteiger partial charge on any atom is -0.389 e. The zero-order valence-corrected chi connectivity index (χ0v) is 13.1. The maximum Gasteiger partial charge on any atom is 0.236 e. The second kappa shape index (κ2) is 9.02. The number of thiazole rings is 1. The standard InChI is InChI=1S/C13H23N3O3S/c1-10-12(20-9-15-10)4-5-19-8-11(17)6-14-7-13(18)16(2)3/h9,11,14,17H,4-8H2,1-3H3. The molecule has 0 aromatic carbocycles. The molecule has 20 heavy (non-hydrogen) atoms. The van der Waals surface area contributed by atoms with Gasteiger partial charge in [-0.1, -0.05) is 0 Å². The van der Waals surface area contributed by atoms with E-state index in [4.69, 9.17) is 4.74 Å². The maximum absolute atomic E-state index is 11.3. The van der Waals surface area contributed by atoms with Crippen LogP contribution in [0.5, 0.6) is 0 Å². The molecule has 1 rings (SSSR count). The summed E-state index contributed by atoms with van der Waals surface area (Å²) in [6.45, 7) is 3.38. The summed E-state index contributed by atoms with van der Waals surface area (Å²) in [4.78, 5) is 18.2. The van der Waals surface area contributed by atoms with Crippen molar-refractivity contribution in [3.63, 3.8) is 0 Å². The number of rotatable bonds is 9. The van der Waals surface area contributed by atoms with Gasteiger partial charge in [0.15, 0.2) is 0 Å². The van der Waals surface area contributed by atoms with Crippen LogP contribution in [0.4, 0.5) is 0 Å². The molecule has 114 valence electrons. The maximum atomic E-state index is 11.3. The Hall–Kier alpha value is -1.02. The molecule has 0 saturated carbocycles. The van der Waals surface area contributed by atoms with Gasteiger partial charge in [-0.3, -0.25) is 4.79 Å². The highest BCUT2D eigenvalue weighted by Gasteiger charge is 2.07. The number of likely N-dealkylation sites (N-methyl/N-ethyl adjacent to an activating group) is 1. The van der Waals surface area contributed by atoms with Gasteiger partial charge in [0.25, 0.3) is 0 Å². The van der Waals surface area contributed by atoms with Crippen LogP contribution in [0.2, 0.25) is 0 Å². The zero-order valence-electron chi connectivity index (χ0n) is 12.3. The van der Waals surface area contributed by atoms with Crippen molar-refractivity contribution in [2.24, 2.45) is 0 Å². The molecule has 6 nitrogen and oxygen atoms in total. The van der Waals surface area contributed by atoms with Crippen molar-refractivity contribution in [3.8, 4) is 0 Å². The van der Waals surface area contributed by atoms with Crippen molar-refractivity contribution < 1.29 is 14.6 Å². The van der Waals surface area contributed by atoms with Crippen molar-refractivity contribution in [2.75, 3.05) is 40.4 Å². The number of nitrogens with one attached hydrogen (secondary N) is 1. The minimum absolute atomic E-state index is 0.0150. The molecule has 1 heterocycles. The lowest BCUT2D eigenvalue weighted by atomic mass is 10.3. The van der Waals surface area contributed by atoms with E-state index in [-0.39, 0.29) is 19.1 Å². The molecule has 0 aliphatic heterocycles. The first-order valence-electron chi connectivity index (χ1n) is 6.56. The molecule has 0 fully saturated rings. The van der Waals surface area contributed by atoms with E-state index < -0.39 is 6.10 Å². The van der Waals surface area contributed by atoms with Gasteiger partial charge in [-0.25, -0.2) is 4.98 Å². The van der Waals surface area contributed by atoms with Crippen LogP contribution in [0.3, 0.4) is 0 Å². The molecule has 1 aromatic heterocycles. The Labute approximate surface area is 123 Å². The molecule has 0 aliphatic carbocycles. The summed E-state index contributed by atoms with van der Waals surface area (Å²) in [7, 11) is 3.40. The molecule has 1 atom stereocenters. The molecule has 1 aromatic rings. The number of hydrogen-bond acceptors (Lipinski definition) is 6. The van der Waals surface area contributed by atoms with Gasteiger partial charge in [0, 0.05) is 31.9 Å². The molecule has 7 heteroatoms. The quantitative estimate of drug-likeness (QED) is 0.630. The lowest BCUT2D eigenvalue weighted by molar-refractivity contribution is -0.127. The van der Waals surface area contributed by atoms with Gasteiger partial charge >= 0.3 is 0 Å². The molecular formula is C13H23N3O3S. The van der Waals surface area contributed by atoms with Gasteiger partial charge in [-0.2, -0.15) is 0 Å². The Morgan fingerprint density at radius 2 is 2.35 bits per heavy atom. The van der Waals surface area contributed by atoms with Crippen LogP contribution in [0, 0.1) is 6.92 Å². The Kier molecular flexibility index (Phi) is 7.68. The minimum atomic E-state index is -0.604. The number of carbonyl (C=O) groups excluding carboxylic acids is 1. The lowest BCUT2D eigenvalue weighted by Gasteiger charge is -2.14. The number of ether oxygens (including phenoxy) is 1. The molecule has 2 N–H and O–H groups in total. The first-order chi connectivity index (χ1) is 9.50. The van der Waals surface area contributed by atoms with Crippen LogP contribution in [-0.4, -0.2) is 67.4 Å². The molecule has 1 unspecified atom stereocenters. The normalized spacial score (nSPS) is 12.4. The number of amides is 1. The van der Waals surface area contributed by atoms with Crippen LogP contribution >= 0.6 is 11.3 Å². The fraction of sp³-hybridized carbons (Fsp3) is 0.692. The van der Waals surface area contributed by atoms with E-state index in [0.29, 0.717) is 13.2 Å². The molecule has 0 spiro atoms. The molecule has 0 saturated heterocycles. The van der Waals surface area contributed by atoms with Gasteiger partial charge < -0.3 is 20.1 Å². The molecule has 0 radical (unpaired) electrons. The zero-order chi connectivity index (χ0) is 15.0. The third-order valence-corrected chi connectivity index (χ3v) is 3.78. The Morgan fingerprint density at radius 1 is 1.60 bits per heavy atom. The van der Waals surface area contributed by atoms with Gasteiger partial charge in [-0.05, 0) is 6.92 Å². The van der Waals surface area contributed by atoms with Crippen molar-refractivity contribution in [1.29, 1.82) is 0 Å². The monoisotopic (exact) mass is 301 g/mol. The van der Waals surface area contributed by atoms with Crippen molar-refractivity contribution in [1.82, 2.24) is 15.2 Å². The lowest BCUT2D eigenvalue weighted by Crippen LogP contribution is -2.38. The molecule has 1 amide bonds. The Balaban J connectivity index is 2.04. The number of aromatic nitrogens is 1. The third-order valence-electron chi connectivity index (χ3n) is 2.78. The van der Waals surface area contributed by atoms with Gasteiger partial charge in [0.2, 0.25) is 5.91 Å². The van der Waals surface area contributed by atoms with E-state index in [1.54, 1.807) is 25.4 Å². The summed E-state index contributed by atoms with van der Waals surface area (Å²) in [5.74, 6) is -0.0150. The molecular weight excluding hydrogens is 278 g/mol. The topological polar surface area (TPSA) is 74.7 Å². The second-order valence-corrected chi connectivity index (χ2v) is 5.70. The van der Waals surface area contributed by atoms with Crippen LogP contribution in [0.25, 0.3) is 0 Å². The number of aliphatic hydroxyl groups excluding tert-OH is 1. The smallest absolute Gasteiger partial charge is 0.236 e. The number of aryl methyl sites for hydroxylation is 1. The van der Waals surface area contributed by atoms with Crippen LogP contribution in [0.1, 0.15) is 10.6 Å². The number of aliphatic hydroxyl groups is 1. The predicted octanol–water partition coefficient (Wildman–Crippen LogP) is 0.0493. The van der Waals surface area contributed by atoms with Gasteiger partial charge in [-0.15, -0.1) is 11.3 Å². The van der Waals surface area contributed by atoms with Crippen LogP contribution in [-0.2, 0) is 16.0 Å². The second-order valence-electron chi connectivity index (χ2n) is 4.76. The fourth-order valence-corrected chi connectivity index (χ4v) is 2.28. The summed E-state index contributed by atoms with van der Waals surface area (Å²) in [5.41, 5.74) is 2.87. The Bertz CT molecular complexity index is 409. The average molecular weight is 301 g/mol. The number of carbonyl (C=O) groups is 1. The SMILES string of the molecule is Cc1ncsc1CCOCC(O)CNCC(=O)N(C)C. The van der Waals surface area contributed by atoms with Gasteiger partial charge in [0.05, 0.1) is 37.1 Å². The Morgan fingerprint density at radius 3 is 2.95 bits per heavy atom. The molecule has 0 bridgehead atoms. The summed E-state index contributed by atoms with van der Waals surface area (Å²) < 4.78 is 5.42. The van der Waals surface area contributed by atoms with Crippen LogP contribution in [0.15, 0.2) is 5.51 Å². The van der Waals surface area contributed by atoms with Crippen molar-refractivity contribution >= 4 is 17.2 Å². The first-order valence-corrected chi connectivity index (χ1v) is 7.44. The predicted molar refractivity (Wildman–Crippen MR) is 78.9 cm³/mol. The van der Waals surface area contributed by atoms with Crippen LogP contribution < -0.4 is 5.32 Å². The summed E-state index contributed by atoms with van der Waals surface area (Å²) >= 11 is 1.62. The van der Waals surface area contributed by atoms with E-state index in [9.17, 15) is 9.90 Å². The number of nitrogens with zero attached hydrogens (tertiary/aromatic N) is 2. The summed E-state index contributed by atoms with van der Waals surface area (Å²) in [6.07, 6.45) is 0.211. The van der Waals surface area contributed by atoms with E-state index in [0.717, 1.165) is 12.1 Å². The van der Waals surface area contributed by atoms with Gasteiger partial charge in [0.1, 0.15) is 0 Å². The number of hydrogen-bond donors (Lipinski definition) is 2. The highest BCUT2D eigenvalue weighted by molar-refractivity contribution is 7.09. The first kappa shape index (κ1) is 17.0. The largest absolute Gasteiger partial charge is 0.389 e.